The topological polar surface area (TPSA) is 227 Å². The van der Waals surface area contributed by atoms with Crippen LogP contribution in [0.25, 0.3) is 0 Å². The number of unbranched alkanes of at least 4 members (excludes halogenated alkanes) is 14. The lowest BCUT2D eigenvalue weighted by Gasteiger charge is -2.43. The van der Waals surface area contributed by atoms with E-state index >= 15 is 0 Å². The third kappa shape index (κ3) is 13.9. The minimum absolute atomic E-state index is 0.345. The van der Waals surface area contributed by atoms with Crippen LogP contribution in [0.15, 0.2) is 0 Å². The van der Waals surface area contributed by atoms with E-state index in [1.807, 2.05) is 0 Å². The zero-order valence-electron chi connectivity index (χ0n) is 25.7. The molecule has 43 heavy (non-hydrogen) atoms. The minimum atomic E-state index is -2.22. The number of carbonyl (C=O) groups is 1. The molecular weight excluding hydrogens is 568 g/mol. The van der Waals surface area contributed by atoms with Gasteiger partial charge in [-0.2, -0.15) is 0 Å². The second-order valence-corrected chi connectivity index (χ2v) is 11.7. The number of aliphatic hydroxyl groups is 8. The largest absolute Gasteiger partial charge is 0.481 e. The fourth-order valence-corrected chi connectivity index (χ4v) is 5.28. The summed E-state index contributed by atoms with van der Waals surface area (Å²) in [6, 6.07) is 0. The molecule has 2 aliphatic rings. The summed E-state index contributed by atoms with van der Waals surface area (Å²) in [7, 11) is 0. The summed E-state index contributed by atoms with van der Waals surface area (Å²) in [5, 5.41) is 85.2. The smallest absolute Gasteiger partial charge is 0.303 e. The highest BCUT2D eigenvalue weighted by Gasteiger charge is 2.58. The van der Waals surface area contributed by atoms with E-state index in [1.54, 1.807) is 0 Å². The van der Waals surface area contributed by atoms with Crippen molar-refractivity contribution in [2.75, 3.05) is 19.8 Å². The third-order valence-corrected chi connectivity index (χ3v) is 8.06. The van der Waals surface area contributed by atoms with Crippen LogP contribution in [0.1, 0.15) is 110 Å². The lowest BCUT2D eigenvalue weighted by Crippen LogP contribution is -2.62. The van der Waals surface area contributed by atoms with Crippen molar-refractivity contribution in [2.24, 2.45) is 0 Å². The Balaban J connectivity index is 0.000000436. The quantitative estimate of drug-likeness (QED) is 0.0809. The molecule has 2 fully saturated rings. The van der Waals surface area contributed by atoms with E-state index in [2.05, 4.69) is 6.92 Å². The van der Waals surface area contributed by atoms with E-state index in [-0.39, 0.29) is 0 Å². The highest BCUT2D eigenvalue weighted by atomic mass is 16.8. The third-order valence-electron chi connectivity index (χ3n) is 8.06. The molecule has 13 nitrogen and oxygen atoms in total. The van der Waals surface area contributed by atoms with Crippen LogP contribution in [0.2, 0.25) is 0 Å². The Hall–Kier alpha value is -0.970. The zero-order valence-corrected chi connectivity index (χ0v) is 25.7. The van der Waals surface area contributed by atoms with E-state index in [1.165, 1.54) is 83.5 Å². The molecule has 0 aliphatic carbocycles. The van der Waals surface area contributed by atoms with Gasteiger partial charge >= 0.3 is 5.97 Å². The molecule has 2 aliphatic heterocycles. The van der Waals surface area contributed by atoms with E-state index in [4.69, 9.17) is 29.5 Å². The molecule has 9 atom stereocenters. The van der Waals surface area contributed by atoms with Crippen LogP contribution in [0, 0.1) is 0 Å². The van der Waals surface area contributed by atoms with Gasteiger partial charge in [0.2, 0.25) is 5.79 Å². The summed E-state index contributed by atoms with van der Waals surface area (Å²) in [6.07, 6.45) is 7.55. The van der Waals surface area contributed by atoms with Gasteiger partial charge in [0.15, 0.2) is 6.29 Å². The highest BCUT2D eigenvalue weighted by molar-refractivity contribution is 5.66. The molecule has 0 radical (unpaired) electrons. The van der Waals surface area contributed by atoms with Gasteiger partial charge in [-0.3, -0.25) is 4.79 Å². The van der Waals surface area contributed by atoms with Crippen LogP contribution in [0.3, 0.4) is 0 Å². The average Bonchev–Trinajstić information content (AvgIpc) is 3.24. The monoisotopic (exact) mass is 626 g/mol. The highest BCUT2D eigenvalue weighted by Crippen LogP contribution is 2.35. The van der Waals surface area contributed by atoms with Crippen molar-refractivity contribution in [3.05, 3.63) is 0 Å². The molecule has 2 heterocycles. The van der Waals surface area contributed by atoms with E-state index < -0.39 is 80.6 Å². The summed E-state index contributed by atoms with van der Waals surface area (Å²) < 4.78 is 15.4. The van der Waals surface area contributed by atoms with Gasteiger partial charge in [-0.1, -0.05) is 96.8 Å². The molecule has 9 unspecified atom stereocenters. The summed E-state index contributed by atoms with van der Waals surface area (Å²) >= 11 is 0. The Morgan fingerprint density at radius 2 is 1.12 bits per heavy atom. The molecule has 256 valence electrons. The Kier molecular flexibility index (Phi) is 21.0. The summed E-state index contributed by atoms with van der Waals surface area (Å²) in [5.41, 5.74) is 0. The van der Waals surface area contributed by atoms with Gasteiger partial charge < -0.3 is 60.2 Å². The second-order valence-electron chi connectivity index (χ2n) is 11.7. The lowest BCUT2D eigenvalue weighted by atomic mass is 9.99. The van der Waals surface area contributed by atoms with Gasteiger partial charge in [0.05, 0.1) is 13.2 Å². The fourth-order valence-electron chi connectivity index (χ4n) is 5.28. The first-order valence-corrected chi connectivity index (χ1v) is 16.0. The molecule has 0 aromatic carbocycles. The zero-order chi connectivity index (χ0) is 32.3. The maximum absolute atomic E-state index is 10.3. The van der Waals surface area contributed by atoms with Crippen molar-refractivity contribution in [3.8, 4) is 0 Å². The van der Waals surface area contributed by atoms with Crippen molar-refractivity contribution < 1.29 is 65.0 Å². The second kappa shape index (κ2) is 22.5. The average molecular weight is 627 g/mol. The molecule has 0 saturated carbocycles. The minimum Gasteiger partial charge on any atom is -0.481 e. The molecule has 0 aromatic rings. The first-order chi connectivity index (χ1) is 20.6. The van der Waals surface area contributed by atoms with Crippen LogP contribution >= 0.6 is 0 Å². The van der Waals surface area contributed by atoms with E-state index in [9.17, 15) is 35.4 Å². The van der Waals surface area contributed by atoms with Gasteiger partial charge in [0.1, 0.15) is 49.3 Å². The molecule has 0 bridgehead atoms. The summed E-state index contributed by atoms with van der Waals surface area (Å²) in [5.74, 6) is -2.87. The molecule has 13 heteroatoms. The van der Waals surface area contributed by atoms with Crippen molar-refractivity contribution in [1.29, 1.82) is 0 Å². The van der Waals surface area contributed by atoms with E-state index in [0.717, 1.165) is 12.8 Å². The Labute approximate surface area is 255 Å². The van der Waals surface area contributed by atoms with Crippen LogP contribution in [-0.2, 0) is 19.0 Å². The number of aliphatic hydroxyl groups excluding tert-OH is 8. The maximum Gasteiger partial charge on any atom is 0.303 e. The van der Waals surface area contributed by atoms with Gasteiger partial charge in [0, 0.05) is 6.42 Å². The maximum atomic E-state index is 10.3. The fraction of sp³-hybridized carbons (Fsp3) is 0.967. The molecular formula is C30H58O13. The van der Waals surface area contributed by atoms with Gasteiger partial charge in [-0.05, 0) is 6.42 Å². The van der Waals surface area contributed by atoms with Crippen molar-refractivity contribution in [3.63, 3.8) is 0 Å². The van der Waals surface area contributed by atoms with E-state index in [0.29, 0.717) is 6.42 Å². The number of rotatable bonds is 21. The standard InChI is InChI=1S/C18H36O2.C12H22O11/c1-2-3-4-5-6-7-8-9-10-11-12-13-14-15-16-17-18(19)20;13-1-4-6(16)8(18)9(19)11(21-4)23-12(3-15)10(20)7(17)5(2-14)22-12/h2-17H2,1H3,(H,19,20);4-11,13-20H,1-3H2. The predicted molar refractivity (Wildman–Crippen MR) is 156 cm³/mol. The summed E-state index contributed by atoms with van der Waals surface area (Å²) in [6.45, 7) is -0.0524. The summed E-state index contributed by atoms with van der Waals surface area (Å²) in [4.78, 5) is 10.3. The first kappa shape index (κ1) is 40.1. The number of carboxylic acids is 1. The van der Waals surface area contributed by atoms with Gasteiger partial charge in [-0.15, -0.1) is 0 Å². The number of ether oxygens (including phenoxy) is 3. The molecule has 0 amide bonds. The SMILES string of the molecule is CCCCCCCCCCCCCCCCCC(=O)O.OCC1OC(OC2(CO)OC(CO)C(O)C2O)C(O)C(O)C1O. The molecule has 0 aromatic heterocycles. The molecule has 2 rings (SSSR count). The Morgan fingerprint density at radius 3 is 1.51 bits per heavy atom. The number of carboxylic acid groups (broad SMARTS) is 1. The van der Waals surface area contributed by atoms with Gasteiger partial charge in [-0.25, -0.2) is 0 Å². The van der Waals surface area contributed by atoms with Crippen molar-refractivity contribution in [2.45, 2.75) is 164 Å². The van der Waals surface area contributed by atoms with Crippen molar-refractivity contribution >= 4 is 5.97 Å². The van der Waals surface area contributed by atoms with Crippen LogP contribution < -0.4 is 0 Å². The van der Waals surface area contributed by atoms with Crippen LogP contribution in [0.4, 0.5) is 0 Å². The Morgan fingerprint density at radius 1 is 0.651 bits per heavy atom. The number of hydrogen-bond acceptors (Lipinski definition) is 12. The number of aliphatic carboxylic acids is 1. The number of hydrogen-bond donors (Lipinski definition) is 9. The van der Waals surface area contributed by atoms with Gasteiger partial charge in [0.25, 0.3) is 0 Å². The van der Waals surface area contributed by atoms with Crippen LogP contribution in [0.5, 0.6) is 0 Å². The van der Waals surface area contributed by atoms with Crippen molar-refractivity contribution in [1.82, 2.24) is 0 Å². The normalized spacial score (nSPS) is 32.4. The molecule has 9 N–H and O–H groups in total. The first-order valence-electron chi connectivity index (χ1n) is 16.0. The lowest BCUT2D eigenvalue weighted by molar-refractivity contribution is -0.383. The van der Waals surface area contributed by atoms with Crippen LogP contribution in [-0.4, -0.2) is 127 Å². The molecule has 2 saturated heterocycles. The predicted octanol–water partition coefficient (Wildman–Crippen LogP) is 0.937. The molecule has 0 spiro atoms. The Bertz CT molecular complexity index is 712.